The van der Waals surface area contributed by atoms with Gasteiger partial charge in [0, 0.05) is 10.8 Å². The zero-order valence-electron chi connectivity index (χ0n) is 59.2. The Hall–Kier alpha value is -3.12. The number of unbranched alkanes of at least 4 members (excludes halogenated alkanes) is 20. The summed E-state index contributed by atoms with van der Waals surface area (Å²) < 4.78 is 0. The van der Waals surface area contributed by atoms with Gasteiger partial charge < -0.3 is 0 Å². The molecular formula is C82H132. The first-order valence-electron chi connectivity index (χ1n) is 34.4. The van der Waals surface area contributed by atoms with Gasteiger partial charge in [-0.1, -0.05) is 346 Å². The Kier molecular flexibility index (Phi) is 26.1. The van der Waals surface area contributed by atoms with Gasteiger partial charge in [0.2, 0.25) is 0 Å². The first-order chi connectivity index (χ1) is 38.0. The molecule has 0 bridgehead atoms. The van der Waals surface area contributed by atoms with E-state index in [9.17, 15) is 0 Å². The summed E-state index contributed by atoms with van der Waals surface area (Å²) in [6.45, 7) is 62.2. The summed E-state index contributed by atoms with van der Waals surface area (Å²) >= 11 is 0. The third kappa shape index (κ3) is 18.2. The summed E-state index contributed by atoms with van der Waals surface area (Å²) in [4.78, 5) is 0. The van der Waals surface area contributed by atoms with Gasteiger partial charge in [0.15, 0.2) is 0 Å². The van der Waals surface area contributed by atoms with Gasteiger partial charge in [0.25, 0.3) is 0 Å². The van der Waals surface area contributed by atoms with Gasteiger partial charge in [-0.2, -0.15) is 0 Å². The van der Waals surface area contributed by atoms with E-state index in [0.717, 1.165) is 12.8 Å². The molecule has 0 aromatic heterocycles. The summed E-state index contributed by atoms with van der Waals surface area (Å²) in [5.74, 6) is 0.0978. The second-order valence-corrected chi connectivity index (χ2v) is 33.1. The van der Waals surface area contributed by atoms with Crippen LogP contribution in [0, 0.1) is 39.8 Å². The van der Waals surface area contributed by atoms with E-state index in [1.165, 1.54) is 197 Å². The van der Waals surface area contributed by atoms with Crippen LogP contribution < -0.4 is 0 Å². The molecule has 4 rings (SSSR count). The first-order valence-corrected chi connectivity index (χ1v) is 34.4. The van der Waals surface area contributed by atoms with Gasteiger partial charge in [0.05, 0.1) is 0 Å². The lowest BCUT2D eigenvalue weighted by atomic mass is 9.42. The van der Waals surface area contributed by atoms with Gasteiger partial charge in [-0.15, -0.1) is 0 Å². The minimum Gasteiger partial charge on any atom is -0.0654 e. The molecule has 2 radical (unpaired) electrons. The Morgan fingerprint density at radius 1 is 0.329 bits per heavy atom. The van der Waals surface area contributed by atoms with Crippen molar-refractivity contribution in [1.82, 2.24) is 0 Å². The molecule has 82 heavy (non-hydrogen) atoms. The van der Waals surface area contributed by atoms with Crippen LogP contribution in [0.3, 0.4) is 0 Å². The molecule has 0 saturated carbocycles. The van der Waals surface area contributed by atoms with E-state index in [1.807, 2.05) is 0 Å². The zero-order chi connectivity index (χ0) is 61.7. The second kappa shape index (κ2) is 30.0. The molecule has 4 aromatic rings. The number of aryl methyl sites for hydroxylation is 4. The Balaban J connectivity index is 2.46. The van der Waals surface area contributed by atoms with Gasteiger partial charge >= 0.3 is 0 Å². The highest BCUT2D eigenvalue weighted by Crippen LogP contribution is 2.66. The van der Waals surface area contributed by atoms with Crippen LogP contribution in [0.4, 0.5) is 0 Å². The van der Waals surface area contributed by atoms with E-state index >= 15 is 0 Å². The van der Waals surface area contributed by atoms with Gasteiger partial charge in [-0.05, 0) is 158 Å². The molecule has 0 saturated heterocycles. The Morgan fingerprint density at radius 2 is 0.610 bits per heavy atom. The SMILES string of the molecule is CCCCCCCCCCCCCC(c1cc(C(C)(C)C)[c]cc1C)(c1cc(C(C)(C)C)[c]cc1C)C(CCCCCCCCCCCCC)(c1c(C(C)(C)C)cc(C)cc1C(C)(C)C)C(C)c1c(C(C)(C)C)cc(C)cc1C(C)(C)C. The maximum atomic E-state index is 3.98. The Bertz CT molecular complexity index is 2430. The lowest BCUT2D eigenvalue weighted by Crippen LogP contribution is -2.56. The maximum Gasteiger partial charge on any atom is 0.0310 e. The van der Waals surface area contributed by atoms with Crippen molar-refractivity contribution in [2.45, 2.75) is 376 Å². The monoisotopic (exact) mass is 1120 g/mol. The number of rotatable bonds is 30. The van der Waals surface area contributed by atoms with Gasteiger partial charge in [0.1, 0.15) is 0 Å². The fraction of sp³-hybridized carbons (Fsp3) is 0.707. The Labute approximate surface area is 512 Å². The smallest absolute Gasteiger partial charge is 0.0310 e. The van der Waals surface area contributed by atoms with Gasteiger partial charge in [-0.3, -0.25) is 0 Å². The molecule has 0 aliphatic carbocycles. The molecule has 4 aromatic carbocycles. The third-order valence-electron chi connectivity index (χ3n) is 19.4. The van der Waals surface area contributed by atoms with E-state index in [2.05, 4.69) is 234 Å². The standard InChI is InChI=1S/C82H132/c1-26-28-30-32-34-36-38-40-42-44-46-52-81(74-71(79(20,21)22)56-61(4)57-72(74)80(23,24)25,64(7)73-69(77(14,15)16)54-60(3)55-70(73)78(17,18)19)82(67-58-65(75(8,9)10)50-48-62(67)5,68-59-66(76(11,12)13)51-49-63(68)6)53-47-45-43-41-39-37-35-33-31-29-27-2/h48-49,54-59,64H,26-47,52-53H2,1-25H3. The van der Waals surface area contributed by atoms with E-state index in [0.29, 0.717) is 0 Å². The van der Waals surface area contributed by atoms with Crippen molar-refractivity contribution in [3.63, 3.8) is 0 Å². The predicted octanol–water partition coefficient (Wildman–Crippen LogP) is 25.7. The molecule has 0 N–H and O–H groups in total. The quantitative estimate of drug-likeness (QED) is 0.0457. The van der Waals surface area contributed by atoms with Crippen molar-refractivity contribution in [3.8, 4) is 0 Å². The molecule has 0 nitrogen and oxygen atoms in total. The summed E-state index contributed by atoms with van der Waals surface area (Å²) in [6, 6.07) is 29.0. The zero-order valence-corrected chi connectivity index (χ0v) is 59.2. The molecule has 2 unspecified atom stereocenters. The van der Waals surface area contributed by atoms with Crippen LogP contribution in [0.2, 0.25) is 0 Å². The fourth-order valence-electron chi connectivity index (χ4n) is 14.7. The molecule has 0 spiro atoms. The Morgan fingerprint density at radius 3 is 0.902 bits per heavy atom. The fourth-order valence-corrected chi connectivity index (χ4v) is 14.7. The van der Waals surface area contributed by atoms with Crippen LogP contribution in [0.1, 0.15) is 383 Å². The lowest BCUT2D eigenvalue weighted by Gasteiger charge is -2.60. The normalized spacial score (nSPS) is 14.4. The molecular weight excluding hydrogens is 985 g/mol. The van der Waals surface area contributed by atoms with Crippen molar-refractivity contribution in [2.24, 2.45) is 0 Å². The van der Waals surface area contributed by atoms with E-state index in [4.69, 9.17) is 0 Å². The van der Waals surface area contributed by atoms with Crippen LogP contribution in [0.25, 0.3) is 0 Å². The first kappa shape index (κ1) is 71.4. The molecule has 0 amide bonds. The average Bonchev–Trinajstić information content (AvgIpc) is 0.974. The maximum absolute atomic E-state index is 3.98. The lowest BCUT2D eigenvalue weighted by molar-refractivity contribution is 0.165. The van der Waals surface area contributed by atoms with Crippen LogP contribution in [0.15, 0.2) is 48.5 Å². The highest BCUT2D eigenvalue weighted by molar-refractivity contribution is 5.64. The highest BCUT2D eigenvalue weighted by atomic mass is 14.6. The van der Waals surface area contributed by atoms with Crippen LogP contribution in [-0.2, 0) is 43.3 Å². The number of hydrogen-bond donors (Lipinski definition) is 0. The molecule has 0 aliphatic rings. The largest absolute Gasteiger partial charge is 0.0654 e. The predicted molar refractivity (Wildman–Crippen MR) is 368 cm³/mol. The minimum absolute atomic E-state index is 0.0978. The molecule has 2 atom stereocenters. The van der Waals surface area contributed by atoms with Crippen molar-refractivity contribution in [2.75, 3.05) is 0 Å². The van der Waals surface area contributed by atoms with Crippen molar-refractivity contribution >= 4 is 0 Å². The molecule has 460 valence electrons. The summed E-state index contributed by atoms with van der Waals surface area (Å²) in [5.41, 5.74) is 19.0. The molecule has 0 heterocycles. The topological polar surface area (TPSA) is 0 Å². The van der Waals surface area contributed by atoms with Crippen molar-refractivity contribution in [3.05, 3.63) is 139 Å². The van der Waals surface area contributed by atoms with E-state index in [1.54, 1.807) is 22.3 Å². The molecule has 0 aliphatic heterocycles. The highest BCUT2D eigenvalue weighted by Gasteiger charge is 2.61. The van der Waals surface area contributed by atoms with E-state index < -0.39 is 10.8 Å². The second-order valence-electron chi connectivity index (χ2n) is 33.1. The van der Waals surface area contributed by atoms with Crippen LogP contribution >= 0.6 is 0 Å². The molecule has 0 fully saturated rings. The van der Waals surface area contributed by atoms with Crippen LogP contribution in [0.5, 0.6) is 0 Å². The summed E-state index contributed by atoms with van der Waals surface area (Å²) in [7, 11) is 0. The average molecular weight is 1120 g/mol. The van der Waals surface area contributed by atoms with Gasteiger partial charge in [-0.25, -0.2) is 0 Å². The number of benzene rings is 4. The van der Waals surface area contributed by atoms with Crippen molar-refractivity contribution < 1.29 is 0 Å². The summed E-state index contributed by atoms with van der Waals surface area (Å²) in [6.07, 6.45) is 31.4. The molecule has 0 heteroatoms. The third-order valence-corrected chi connectivity index (χ3v) is 19.4. The number of hydrogen-bond acceptors (Lipinski definition) is 0. The van der Waals surface area contributed by atoms with E-state index in [-0.39, 0.29) is 38.4 Å². The minimum atomic E-state index is -0.493. The van der Waals surface area contributed by atoms with Crippen molar-refractivity contribution in [1.29, 1.82) is 0 Å². The van der Waals surface area contributed by atoms with Crippen LogP contribution in [-0.4, -0.2) is 0 Å². The summed E-state index contributed by atoms with van der Waals surface area (Å²) in [5, 5.41) is 0.